The molecule has 354 valence electrons. The van der Waals surface area contributed by atoms with Crippen LogP contribution in [0.15, 0.2) is 0 Å². The molecule has 0 bridgehead atoms. The minimum atomic E-state index is -4.51. The van der Waals surface area contributed by atoms with Crippen LogP contribution in [0, 0.1) is 0 Å². The molecule has 0 aliphatic heterocycles. The van der Waals surface area contributed by atoms with Crippen molar-refractivity contribution in [2.75, 3.05) is 33.0 Å². The molecule has 0 heterocycles. The summed E-state index contributed by atoms with van der Waals surface area (Å²) < 4.78 is 33.5. The molecule has 59 heavy (non-hydrogen) atoms. The number of aliphatic hydroxyl groups is 2. The SMILES string of the molecule is CCCCCCCCCCCCCCCCCCCCCCCOCC(COP(=O)(O)OCC(O)CO)OC(=O)CCCCCCCCCCCCCCCCCCC. The quantitative estimate of drug-likeness (QED) is 0.0311. The van der Waals surface area contributed by atoms with Gasteiger partial charge >= 0.3 is 13.8 Å². The monoisotopic (exact) mass is 863 g/mol. The molecule has 3 N–H and O–H groups in total. The molecule has 9 nitrogen and oxygen atoms in total. The van der Waals surface area contributed by atoms with Gasteiger partial charge in [-0.2, -0.15) is 0 Å². The van der Waals surface area contributed by atoms with E-state index in [4.69, 9.17) is 23.6 Å². The number of esters is 1. The van der Waals surface area contributed by atoms with Crippen LogP contribution in [0.25, 0.3) is 0 Å². The van der Waals surface area contributed by atoms with Gasteiger partial charge in [-0.05, 0) is 12.8 Å². The Balaban J connectivity index is 4.01. The summed E-state index contributed by atoms with van der Waals surface area (Å²) in [4.78, 5) is 22.7. The largest absolute Gasteiger partial charge is 0.472 e. The summed E-state index contributed by atoms with van der Waals surface area (Å²) in [6.07, 6.45) is 47.8. The van der Waals surface area contributed by atoms with Gasteiger partial charge in [0.2, 0.25) is 0 Å². The lowest BCUT2D eigenvalue weighted by atomic mass is 10.0. The maximum atomic E-state index is 12.7. The van der Waals surface area contributed by atoms with E-state index in [9.17, 15) is 19.4 Å². The predicted octanol–water partition coefficient (Wildman–Crippen LogP) is 14.7. The van der Waals surface area contributed by atoms with Gasteiger partial charge in [-0.1, -0.05) is 245 Å². The van der Waals surface area contributed by atoms with E-state index in [0.717, 1.165) is 32.1 Å². The average Bonchev–Trinajstić information content (AvgIpc) is 3.23. The van der Waals surface area contributed by atoms with Crippen LogP contribution in [0.2, 0.25) is 0 Å². The van der Waals surface area contributed by atoms with Gasteiger partial charge in [0.05, 0.1) is 26.4 Å². The Kier molecular flexibility index (Phi) is 46.5. The van der Waals surface area contributed by atoms with Gasteiger partial charge in [0.1, 0.15) is 12.2 Å². The zero-order chi connectivity index (χ0) is 43.2. The number of aliphatic hydroxyl groups excluding tert-OH is 2. The molecule has 0 radical (unpaired) electrons. The molecule has 0 aliphatic rings. The van der Waals surface area contributed by atoms with Crippen LogP contribution in [0.3, 0.4) is 0 Å². The van der Waals surface area contributed by atoms with Crippen molar-refractivity contribution in [3.05, 3.63) is 0 Å². The zero-order valence-corrected chi connectivity index (χ0v) is 39.9. The fourth-order valence-electron chi connectivity index (χ4n) is 7.65. The molecule has 3 atom stereocenters. The van der Waals surface area contributed by atoms with Crippen LogP contribution in [0.4, 0.5) is 0 Å². The number of unbranched alkanes of at least 4 members (excludes halogenated alkanes) is 36. The van der Waals surface area contributed by atoms with Crippen molar-refractivity contribution < 1.29 is 43.0 Å². The second kappa shape index (κ2) is 47.0. The molecule has 10 heteroatoms. The van der Waals surface area contributed by atoms with Gasteiger partial charge in [0, 0.05) is 13.0 Å². The van der Waals surface area contributed by atoms with Crippen molar-refractivity contribution >= 4 is 13.8 Å². The molecule has 0 aromatic rings. The standard InChI is InChI=1S/C49H99O9P/c1-3-5-7-9-11-13-15-17-19-21-22-23-24-26-28-30-32-34-36-38-40-42-55-45-48(46-57-59(53,54)56-44-47(51)43-50)58-49(52)41-39-37-35-33-31-29-27-25-20-18-16-14-12-10-8-6-4-2/h47-48,50-51H,3-46H2,1-2H3,(H,53,54). The molecule has 0 fully saturated rings. The average molecular weight is 863 g/mol. The number of ether oxygens (including phenoxy) is 2. The number of rotatable bonds is 50. The highest BCUT2D eigenvalue weighted by Gasteiger charge is 2.26. The maximum Gasteiger partial charge on any atom is 0.472 e. The first-order valence-corrected chi connectivity index (χ1v) is 27.0. The first kappa shape index (κ1) is 58.5. The lowest BCUT2D eigenvalue weighted by molar-refractivity contribution is -0.154. The van der Waals surface area contributed by atoms with E-state index in [2.05, 4.69) is 13.8 Å². The Morgan fingerprint density at radius 1 is 0.458 bits per heavy atom. The molecular weight excluding hydrogens is 764 g/mol. The van der Waals surface area contributed by atoms with Crippen molar-refractivity contribution in [3.8, 4) is 0 Å². The smallest absolute Gasteiger partial charge is 0.457 e. The second-order valence-electron chi connectivity index (χ2n) is 17.6. The lowest BCUT2D eigenvalue weighted by Gasteiger charge is -2.20. The highest BCUT2D eigenvalue weighted by Crippen LogP contribution is 2.43. The molecule has 0 aromatic heterocycles. The fraction of sp³-hybridized carbons (Fsp3) is 0.980. The van der Waals surface area contributed by atoms with Crippen molar-refractivity contribution in [1.29, 1.82) is 0 Å². The predicted molar refractivity (Wildman–Crippen MR) is 247 cm³/mol. The summed E-state index contributed by atoms with van der Waals surface area (Å²) >= 11 is 0. The summed E-state index contributed by atoms with van der Waals surface area (Å²) in [7, 11) is -4.51. The van der Waals surface area contributed by atoms with Gasteiger partial charge in [0.15, 0.2) is 0 Å². The second-order valence-corrected chi connectivity index (χ2v) is 19.0. The van der Waals surface area contributed by atoms with Crippen LogP contribution in [-0.2, 0) is 27.9 Å². The van der Waals surface area contributed by atoms with Crippen molar-refractivity contribution in [2.45, 2.75) is 276 Å². The molecule has 0 aromatic carbocycles. The van der Waals surface area contributed by atoms with Crippen molar-refractivity contribution in [2.24, 2.45) is 0 Å². The topological polar surface area (TPSA) is 132 Å². The van der Waals surface area contributed by atoms with Gasteiger partial charge in [0.25, 0.3) is 0 Å². The number of phosphoric acid groups is 1. The first-order valence-electron chi connectivity index (χ1n) is 25.5. The van der Waals surface area contributed by atoms with E-state index in [1.54, 1.807) is 0 Å². The highest BCUT2D eigenvalue weighted by molar-refractivity contribution is 7.47. The third-order valence-electron chi connectivity index (χ3n) is 11.5. The molecule has 0 spiro atoms. The number of phosphoric ester groups is 1. The Hall–Kier alpha value is -0.540. The number of carbonyl (C=O) groups excluding carboxylic acids is 1. The Morgan fingerprint density at radius 3 is 1.10 bits per heavy atom. The Bertz CT molecular complexity index is 892. The normalized spacial score (nSPS) is 13.8. The van der Waals surface area contributed by atoms with Crippen molar-refractivity contribution in [1.82, 2.24) is 0 Å². The van der Waals surface area contributed by atoms with E-state index in [1.807, 2.05) is 0 Å². The minimum Gasteiger partial charge on any atom is -0.457 e. The highest BCUT2D eigenvalue weighted by atomic mass is 31.2. The van der Waals surface area contributed by atoms with Gasteiger partial charge < -0.3 is 24.6 Å². The Morgan fingerprint density at radius 2 is 0.763 bits per heavy atom. The van der Waals surface area contributed by atoms with E-state index >= 15 is 0 Å². The van der Waals surface area contributed by atoms with Gasteiger partial charge in [-0.3, -0.25) is 13.8 Å². The van der Waals surface area contributed by atoms with Crippen LogP contribution < -0.4 is 0 Å². The molecule has 0 rings (SSSR count). The van der Waals surface area contributed by atoms with Gasteiger partial charge in [-0.25, -0.2) is 4.57 Å². The molecule has 0 saturated heterocycles. The van der Waals surface area contributed by atoms with Gasteiger partial charge in [-0.15, -0.1) is 0 Å². The summed E-state index contributed by atoms with van der Waals surface area (Å²) in [6, 6.07) is 0. The maximum absolute atomic E-state index is 12.7. The summed E-state index contributed by atoms with van der Waals surface area (Å²) in [5, 5.41) is 18.4. The number of carbonyl (C=O) groups is 1. The first-order chi connectivity index (χ1) is 28.8. The fourth-order valence-corrected chi connectivity index (χ4v) is 8.44. The third-order valence-corrected chi connectivity index (χ3v) is 12.5. The summed E-state index contributed by atoms with van der Waals surface area (Å²) in [5.74, 6) is -0.373. The minimum absolute atomic E-state index is 0.0588. The van der Waals surface area contributed by atoms with Crippen LogP contribution in [0.1, 0.15) is 264 Å². The van der Waals surface area contributed by atoms with Crippen molar-refractivity contribution in [3.63, 3.8) is 0 Å². The summed E-state index contributed by atoms with van der Waals surface area (Å²) in [5.41, 5.74) is 0. The lowest BCUT2D eigenvalue weighted by Crippen LogP contribution is -2.29. The molecule has 0 saturated carbocycles. The van der Waals surface area contributed by atoms with E-state index in [0.29, 0.717) is 6.61 Å². The third kappa shape index (κ3) is 46.8. The number of hydrogen-bond donors (Lipinski definition) is 3. The van der Waals surface area contributed by atoms with Crippen LogP contribution in [-0.4, -0.2) is 66.3 Å². The Labute approximate surface area is 365 Å². The van der Waals surface area contributed by atoms with E-state index in [-0.39, 0.29) is 25.6 Å². The molecule has 3 unspecified atom stereocenters. The molecular formula is C49H99O9P. The summed E-state index contributed by atoms with van der Waals surface area (Å²) in [6.45, 7) is 3.60. The van der Waals surface area contributed by atoms with E-state index < -0.39 is 33.2 Å². The zero-order valence-electron chi connectivity index (χ0n) is 39.0. The van der Waals surface area contributed by atoms with Crippen LogP contribution >= 0.6 is 7.82 Å². The van der Waals surface area contributed by atoms with E-state index in [1.165, 1.54) is 212 Å². The van der Waals surface area contributed by atoms with Crippen LogP contribution in [0.5, 0.6) is 0 Å². The molecule has 0 aliphatic carbocycles. The molecule has 0 amide bonds. The number of hydrogen-bond acceptors (Lipinski definition) is 8.